The number of nitrogens with one attached hydrogen (secondary N) is 1. The first-order valence-electron chi connectivity index (χ1n) is 9.06. The van der Waals surface area contributed by atoms with E-state index < -0.39 is 5.41 Å². The van der Waals surface area contributed by atoms with Crippen molar-refractivity contribution >= 4 is 11.6 Å². The van der Waals surface area contributed by atoms with Gasteiger partial charge in [-0.25, -0.2) is 0 Å². The Bertz CT molecular complexity index is 1100. The molecule has 1 amide bonds. The molecule has 4 nitrogen and oxygen atoms in total. The highest BCUT2D eigenvalue weighted by Gasteiger charge is 2.56. The van der Waals surface area contributed by atoms with Gasteiger partial charge < -0.3 is 15.5 Å². The summed E-state index contributed by atoms with van der Waals surface area (Å²) in [6.07, 6.45) is 0.473. The third-order valence-electron chi connectivity index (χ3n) is 6.05. The summed E-state index contributed by atoms with van der Waals surface area (Å²) in [4.78, 5) is 13.3. The number of rotatable bonds is 1. The molecule has 0 aromatic heterocycles. The van der Waals surface area contributed by atoms with Crippen molar-refractivity contribution in [2.24, 2.45) is 0 Å². The molecule has 3 N–H and O–H groups in total. The van der Waals surface area contributed by atoms with Crippen LogP contribution in [0.1, 0.15) is 40.2 Å². The summed E-state index contributed by atoms with van der Waals surface area (Å²) in [6, 6.07) is 18.4. The molecule has 1 aliphatic heterocycles. The van der Waals surface area contributed by atoms with Crippen LogP contribution in [-0.4, -0.2) is 16.1 Å². The molecule has 4 heteroatoms. The highest BCUT2D eigenvalue weighted by Crippen LogP contribution is 2.59. The maximum Gasteiger partial charge on any atom is 0.239 e. The van der Waals surface area contributed by atoms with Gasteiger partial charge in [0.25, 0.3) is 0 Å². The van der Waals surface area contributed by atoms with Crippen LogP contribution in [0.25, 0.3) is 0 Å². The lowest BCUT2D eigenvalue weighted by Gasteiger charge is -2.25. The van der Waals surface area contributed by atoms with Crippen LogP contribution < -0.4 is 5.32 Å². The zero-order valence-electron chi connectivity index (χ0n) is 14.9. The van der Waals surface area contributed by atoms with Crippen molar-refractivity contribution in [2.45, 2.75) is 24.7 Å². The summed E-state index contributed by atoms with van der Waals surface area (Å²) >= 11 is 0. The van der Waals surface area contributed by atoms with Crippen LogP contribution in [0.5, 0.6) is 11.5 Å². The lowest BCUT2D eigenvalue weighted by atomic mass is 9.74. The number of hydrogen-bond donors (Lipinski definition) is 3. The lowest BCUT2D eigenvalue weighted by molar-refractivity contribution is -0.119. The van der Waals surface area contributed by atoms with E-state index >= 15 is 0 Å². The van der Waals surface area contributed by atoms with Gasteiger partial charge in [-0.05, 0) is 48.2 Å². The largest absolute Gasteiger partial charge is 0.508 e. The minimum atomic E-state index is -0.859. The van der Waals surface area contributed by atoms with Crippen LogP contribution in [0.3, 0.4) is 0 Å². The van der Waals surface area contributed by atoms with Crippen LogP contribution in [0.4, 0.5) is 5.69 Å². The molecule has 2 atom stereocenters. The standard InChI is InChI=1S/C23H19NO3/c1-13-6-4-9-17-21(13)23(22(27)24-17)12-15(14-7-2-3-10-18(14)25)20-16(23)8-5-11-19(20)26/h2-11,15,25-26H,12H2,1H3,(H,24,27). The molecule has 0 bridgehead atoms. The van der Waals surface area contributed by atoms with E-state index in [0.29, 0.717) is 6.42 Å². The quantitative estimate of drug-likeness (QED) is 0.612. The second-order valence-electron chi connectivity index (χ2n) is 7.41. The van der Waals surface area contributed by atoms with Gasteiger partial charge in [-0.3, -0.25) is 4.79 Å². The highest BCUT2D eigenvalue weighted by atomic mass is 16.3. The molecule has 1 heterocycles. The number of hydrogen-bond acceptors (Lipinski definition) is 3. The monoisotopic (exact) mass is 357 g/mol. The maximum absolute atomic E-state index is 13.3. The van der Waals surface area contributed by atoms with Gasteiger partial charge in [0, 0.05) is 22.7 Å². The number of anilines is 1. The molecule has 27 heavy (non-hydrogen) atoms. The third kappa shape index (κ3) is 1.95. The molecule has 0 radical (unpaired) electrons. The summed E-state index contributed by atoms with van der Waals surface area (Å²) in [5.74, 6) is -0.0000884. The third-order valence-corrected chi connectivity index (χ3v) is 6.05. The summed E-state index contributed by atoms with van der Waals surface area (Å²) in [5, 5.41) is 24.2. The van der Waals surface area contributed by atoms with Crippen molar-refractivity contribution in [3.63, 3.8) is 0 Å². The molecule has 0 fully saturated rings. The molecule has 0 saturated heterocycles. The number of carbonyl (C=O) groups is 1. The summed E-state index contributed by atoms with van der Waals surface area (Å²) < 4.78 is 0. The van der Waals surface area contributed by atoms with E-state index in [4.69, 9.17) is 0 Å². The molecule has 5 rings (SSSR count). The van der Waals surface area contributed by atoms with Crippen molar-refractivity contribution in [3.05, 3.63) is 88.5 Å². The smallest absolute Gasteiger partial charge is 0.239 e. The highest BCUT2D eigenvalue weighted by molar-refractivity contribution is 6.10. The van der Waals surface area contributed by atoms with Gasteiger partial charge in [-0.15, -0.1) is 0 Å². The first-order valence-corrected chi connectivity index (χ1v) is 9.06. The molecule has 2 aliphatic rings. The van der Waals surface area contributed by atoms with Crippen LogP contribution in [0.2, 0.25) is 0 Å². The summed E-state index contributed by atoms with van der Waals surface area (Å²) in [7, 11) is 0. The molecular weight excluding hydrogens is 338 g/mol. The van der Waals surface area contributed by atoms with Gasteiger partial charge >= 0.3 is 0 Å². The van der Waals surface area contributed by atoms with E-state index in [1.54, 1.807) is 24.3 Å². The van der Waals surface area contributed by atoms with Crippen molar-refractivity contribution in [1.29, 1.82) is 0 Å². The number of phenols is 2. The molecule has 1 aliphatic carbocycles. The van der Waals surface area contributed by atoms with E-state index in [1.165, 1.54) is 0 Å². The van der Waals surface area contributed by atoms with Crippen molar-refractivity contribution in [3.8, 4) is 11.5 Å². The number of phenolic OH excluding ortho intramolecular Hbond substituents is 2. The Labute approximate surface area is 157 Å². The number of amides is 1. The van der Waals surface area contributed by atoms with Gasteiger partial charge in [0.15, 0.2) is 0 Å². The first-order chi connectivity index (χ1) is 13.0. The van der Waals surface area contributed by atoms with E-state index in [2.05, 4.69) is 5.32 Å². The number of aromatic hydroxyl groups is 2. The minimum absolute atomic E-state index is 0.0726. The average Bonchev–Trinajstić information content (AvgIpc) is 3.14. The Morgan fingerprint density at radius 3 is 2.52 bits per heavy atom. The fourth-order valence-electron chi connectivity index (χ4n) is 4.99. The molecule has 134 valence electrons. The first kappa shape index (κ1) is 15.9. The Balaban J connectivity index is 1.83. The van der Waals surface area contributed by atoms with Crippen LogP contribution >= 0.6 is 0 Å². The van der Waals surface area contributed by atoms with Crippen molar-refractivity contribution < 1.29 is 15.0 Å². The van der Waals surface area contributed by atoms with Gasteiger partial charge in [0.05, 0.1) is 0 Å². The minimum Gasteiger partial charge on any atom is -0.508 e. The molecule has 3 aromatic carbocycles. The zero-order valence-corrected chi connectivity index (χ0v) is 14.9. The second-order valence-corrected chi connectivity index (χ2v) is 7.41. The Kier molecular flexibility index (Phi) is 3.17. The number of aryl methyl sites for hydroxylation is 1. The summed E-state index contributed by atoms with van der Waals surface area (Å²) in [5.41, 5.74) is 4.26. The number of carbonyl (C=O) groups excluding carboxylic acids is 1. The fraction of sp³-hybridized carbons (Fsp3) is 0.174. The van der Waals surface area contributed by atoms with Crippen LogP contribution in [-0.2, 0) is 10.2 Å². The average molecular weight is 357 g/mol. The van der Waals surface area contributed by atoms with E-state index in [9.17, 15) is 15.0 Å². The lowest BCUT2D eigenvalue weighted by Crippen LogP contribution is -2.34. The predicted octanol–water partition coefficient (Wildman–Crippen LogP) is 4.18. The molecule has 2 unspecified atom stereocenters. The maximum atomic E-state index is 13.3. The van der Waals surface area contributed by atoms with Gasteiger partial charge in [-0.2, -0.15) is 0 Å². The molecule has 1 spiro atoms. The van der Waals surface area contributed by atoms with E-state index in [0.717, 1.165) is 33.5 Å². The van der Waals surface area contributed by atoms with Gasteiger partial charge in [-0.1, -0.05) is 42.5 Å². The van der Waals surface area contributed by atoms with Crippen molar-refractivity contribution in [2.75, 3.05) is 5.32 Å². The predicted molar refractivity (Wildman–Crippen MR) is 103 cm³/mol. The zero-order chi connectivity index (χ0) is 18.8. The van der Waals surface area contributed by atoms with Crippen LogP contribution in [0.15, 0.2) is 60.7 Å². The normalized spacial score (nSPS) is 22.6. The number of fused-ring (bicyclic) bond motifs is 4. The number of benzene rings is 3. The van der Waals surface area contributed by atoms with Crippen molar-refractivity contribution in [1.82, 2.24) is 0 Å². The van der Waals surface area contributed by atoms with Gasteiger partial charge in [0.1, 0.15) is 16.9 Å². The molecule has 3 aromatic rings. The number of para-hydroxylation sites is 1. The topological polar surface area (TPSA) is 69.6 Å². The second kappa shape index (κ2) is 5.36. The molecular formula is C23H19NO3. The summed E-state index contributed by atoms with van der Waals surface area (Å²) in [6.45, 7) is 2.01. The SMILES string of the molecule is Cc1cccc2c1C1(CC(c3ccccc3O)c3c(O)cccc31)C(=O)N2. The van der Waals surface area contributed by atoms with Gasteiger partial charge in [0.2, 0.25) is 5.91 Å². The Morgan fingerprint density at radius 1 is 0.963 bits per heavy atom. The van der Waals surface area contributed by atoms with E-state index in [-0.39, 0.29) is 23.3 Å². The fourth-order valence-corrected chi connectivity index (χ4v) is 4.99. The van der Waals surface area contributed by atoms with E-state index in [1.807, 2.05) is 43.3 Å². The van der Waals surface area contributed by atoms with Crippen LogP contribution in [0, 0.1) is 6.92 Å². The molecule has 0 saturated carbocycles. The Hall–Kier alpha value is -3.27. The Morgan fingerprint density at radius 2 is 1.70 bits per heavy atom.